The van der Waals surface area contributed by atoms with Crippen molar-refractivity contribution >= 4 is 5.91 Å². The smallest absolute Gasteiger partial charge is 0.422 e. The Kier molecular flexibility index (Phi) is 6.71. The Bertz CT molecular complexity index is 487. The highest BCUT2D eigenvalue weighted by Crippen LogP contribution is 2.22. The van der Waals surface area contributed by atoms with E-state index in [-0.39, 0.29) is 17.7 Å². The van der Waals surface area contributed by atoms with E-state index in [1.165, 1.54) is 12.1 Å². The second-order valence-corrected chi connectivity index (χ2v) is 5.70. The van der Waals surface area contributed by atoms with Crippen molar-refractivity contribution in [3.63, 3.8) is 0 Å². The van der Waals surface area contributed by atoms with Crippen molar-refractivity contribution in [1.82, 2.24) is 5.32 Å². The highest BCUT2D eigenvalue weighted by molar-refractivity contribution is 5.76. The van der Waals surface area contributed by atoms with Crippen molar-refractivity contribution in [3.05, 3.63) is 29.8 Å². The fourth-order valence-corrected chi connectivity index (χ4v) is 1.86. The predicted octanol–water partition coefficient (Wildman–Crippen LogP) is 4.24. The zero-order valence-corrected chi connectivity index (χ0v) is 13.0. The molecular weight excluding hydrogens is 295 g/mol. The van der Waals surface area contributed by atoms with E-state index in [0.29, 0.717) is 17.9 Å². The second-order valence-electron chi connectivity index (χ2n) is 5.70. The monoisotopic (exact) mass is 317 g/mol. The van der Waals surface area contributed by atoms with Gasteiger partial charge in [0.2, 0.25) is 5.91 Å². The van der Waals surface area contributed by atoms with Gasteiger partial charge in [0, 0.05) is 6.42 Å². The number of carbonyl (C=O) groups excluding carboxylic acids is 1. The van der Waals surface area contributed by atoms with E-state index in [4.69, 9.17) is 4.74 Å². The lowest BCUT2D eigenvalue weighted by Gasteiger charge is -2.16. The standard InChI is InChI=1S/C16H22F3NO2/c1-11(2)7-8-15(21)20-12(3)13-5-4-6-14(9-13)22-10-16(17,18)19/h4-6,9,11-12H,7-8,10H2,1-3H3,(H,20,21)/t12-/m0/s1. The molecule has 3 nitrogen and oxygen atoms in total. The molecule has 0 saturated heterocycles. The van der Waals surface area contributed by atoms with Crippen LogP contribution in [0.2, 0.25) is 0 Å². The first-order valence-corrected chi connectivity index (χ1v) is 7.26. The summed E-state index contributed by atoms with van der Waals surface area (Å²) in [4.78, 5) is 11.8. The molecule has 1 N–H and O–H groups in total. The molecule has 1 aromatic carbocycles. The quantitative estimate of drug-likeness (QED) is 0.817. The van der Waals surface area contributed by atoms with Crippen LogP contribution in [0.25, 0.3) is 0 Å². The van der Waals surface area contributed by atoms with E-state index in [9.17, 15) is 18.0 Å². The van der Waals surface area contributed by atoms with Crippen LogP contribution in [0.1, 0.15) is 45.2 Å². The van der Waals surface area contributed by atoms with Crippen molar-refractivity contribution in [1.29, 1.82) is 0 Å². The number of hydrogen-bond acceptors (Lipinski definition) is 2. The van der Waals surface area contributed by atoms with E-state index in [2.05, 4.69) is 5.32 Å². The number of amides is 1. The fourth-order valence-electron chi connectivity index (χ4n) is 1.86. The molecule has 0 aliphatic carbocycles. The van der Waals surface area contributed by atoms with Gasteiger partial charge in [-0.3, -0.25) is 4.79 Å². The van der Waals surface area contributed by atoms with Crippen molar-refractivity contribution < 1.29 is 22.7 Å². The van der Waals surface area contributed by atoms with E-state index in [1.807, 2.05) is 13.8 Å². The topological polar surface area (TPSA) is 38.3 Å². The molecule has 0 heterocycles. The number of rotatable bonds is 7. The number of carbonyl (C=O) groups is 1. The maximum atomic E-state index is 12.1. The molecule has 0 spiro atoms. The lowest BCUT2D eigenvalue weighted by molar-refractivity contribution is -0.153. The van der Waals surface area contributed by atoms with Gasteiger partial charge in [0.15, 0.2) is 6.61 Å². The molecule has 0 aliphatic rings. The van der Waals surface area contributed by atoms with E-state index < -0.39 is 12.8 Å². The van der Waals surface area contributed by atoms with Gasteiger partial charge < -0.3 is 10.1 Å². The first-order chi connectivity index (χ1) is 10.2. The third-order valence-electron chi connectivity index (χ3n) is 3.09. The fraction of sp³-hybridized carbons (Fsp3) is 0.562. The Morgan fingerprint density at radius 3 is 2.55 bits per heavy atom. The van der Waals surface area contributed by atoms with Crippen molar-refractivity contribution in [2.45, 2.75) is 45.8 Å². The van der Waals surface area contributed by atoms with Crippen LogP contribution in [0.4, 0.5) is 13.2 Å². The van der Waals surface area contributed by atoms with Gasteiger partial charge in [-0.1, -0.05) is 26.0 Å². The van der Waals surface area contributed by atoms with Crippen LogP contribution in [0, 0.1) is 5.92 Å². The molecule has 0 saturated carbocycles. The number of ether oxygens (including phenoxy) is 1. The number of hydrogen-bond donors (Lipinski definition) is 1. The highest BCUT2D eigenvalue weighted by atomic mass is 19.4. The van der Waals surface area contributed by atoms with Gasteiger partial charge in [0.05, 0.1) is 6.04 Å². The van der Waals surface area contributed by atoms with Gasteiger partial charge >= 0.3 is 6.18 Å². The summed E-state index contributed by atoms with van der Waals surface area (Å²) in [5.74, 6) is 0.515. The lowest BCUT2D eigenvalue weighted by Crippen LogP contribution is -2.26. The number of nitrogens with one attached hydrogen (secondary N) is 1. The maximum absolute atomic E-state index is 12.1. The summed E-state index contributed by atoms with van der Waals surface area (Å²) in [6, 6.07) is 6.04. The van der Waals surface area contributed by atoms with Crippen LogP contribution in [0.5, 0.6) is 5.75 Å². The van der Waals surface area contributed by atoms with Gasteiger partial charge in [-0.25, -0.2) is 0 Å². The molecule has 0 bridgehead atoms. The van der Waals surface area contributed by atoms with Gasteiger partial charge in [0.1, 0.15) is 5.75 Å². The predicted molar refractivity (Wildman–Crippen MR) is 78.6 cm³/mol. The molecule has 1 rings (SSSR count). The Morgan fingerprint density at radius 1 is 1.27 bits per heavy atom. The van der Waals surface area contributed by atoms with E-state index >= 15 is 0 Å². The van der Waals surface area contributed by atoms with E-state index in [1.54, 1.807) is 19.1 Å². The van der Waals surface area contributed by atoms with Crippen LogP contribution >= 0.6 is 0 Å². The van der Waals surface area contributed by atoms with Gasteiger partial charge in [-0.2, -0.15) is 13.2 Å². The number of alkyl halides is 3. The Balaban J connectivity index is 2.58. The molecule has 124 valence electrons. The van der Waals surface area contributed by atoms with Gasteiger partial charge in [-0.15, -0.1) is 0 Å². The molecule has 1 aromatic rings. The first kappa shape index (κ1) is 18.3. The van der Waals surface area contributed by atoms with Crippen LogP contribution < -0.4 is 10.1 Å². The summed E-state index contributed by atoms with van der Waals surface area (Å²) in [6.07, 6.45) is -3.13. The molecule has 1 atom stereocenters. The third kappa shape index (κ3) is 7.33. The minimum absolute atomic E-state index is 0.0668. The molecule has 0 aromatic heterocycles. The number of benzene rings is 1. The second kappa shape index (κ2) is 8.06. The lowest BCUT2D eigenvalue weighted by atomic mass is 10.1. The molecule has 6 heteroatoms. The van der Waals surface area contributed by atoms with Crippen LogP contribution in [0.3, 0.4) is 0 Å². The summed E-state index contributed by atoms with van der Waals surface area (Å²) < 4.78 is 41.1. The SMILES string of the molecule is CC(C)CCC(=O)N[C@@H](C)c1cccc(OCC(F)(F)F)c1. The van der Waals surface area contributed by atoms with Gasteiger partial charge in [0.25, 0.3) is 0 Å². The van der Waals surface area contributed by atoms with Gasteiger partial charge in [-0.05, 0) is 37.0 Å². The minimum atomic E-state index is -4.37. The Labute approximate surface area is 128 Å². The highest BCUT2D eigenvalue weighted by Gasteiger charge is 2.28. The van der Waals surface area contributed by atoms with Crippen molar-refractivity contribution in [2.24, 2.45) is 5.92 Å². The summed E-state index contributed by atoms with van der Waals surface area (Å²) in [7, 11) is 0. The molecular formula is C16H22F3NO2. The molecule has 0 aliphatic heterocycles. The minimum Gasteiger partial charge on any atom is -0.484 e. The Morgan fingerprint density at radius 2 is 1.95 bits per heavy atom. The molecule has 22 heavy (non-hydrogen) atoms. The molecule has 0 fully saturated rings. The summed E-state index contributed by atoms with van der Waals surface area (Å²) in [5, 5.41) is 2.83. The Hall–Kier alpha value is -1.72. The summed E-state index contributed by atoms with van der Waals surface area (Å²) in [5.41, 5.74) is 0.706. The number of halogens is 3. The van der Waals surface area contributed by atoms with Crippen LogP contribution in [-0.4, -0.2) is 18.7 Å². The maximum Gasteiger partial charge on any atom is 0.422 e. The zero-order valence-electron chi connectivity index (χ0n) is 13.0. The zero-order chi connectivity index (χ0) is 16.8. The molecule has 0 radical (unpaired) electrons. The molecule has 1 amide bonds. The summed E-state index contributed by atoms with van der Waals surface area (Å²) >= 11 is 0. The first-order valence-electron chi connectivity index (χ1n) is 7.26. The average Bonchev–Trinajstić information content (AvgIpc) is 2.42. The summed E-state index contributed by atoms with van der Waals surface area (Å²) in [6.45, 7) is 4.54. The normalized spacial score (nSPS) is 13.0. The van der Waals surface area contributed by atoms with Crippen molar-refractivity contribution in [3.8, 4) is 5.75 Å². The molecule has 0 unspecified atom stereocenters. The average molecular weight is 317 g/mol. The van der Waals surface area contributed by atoms with E-state index in [0.717, 1.165) is 6.42 Å². The third-order valence-corrected chi connectivity index (χ3v) is 3.09. The van der Waals surface area contributed by atoms with Crippen LogP contribution in [-0.2, 0) is 4.79 Å². The largest absolute Gasteiger partial charge is 0.484 e. The van der Waals surface area contributed by atoms with Crippen LogP contribution in [0.15, 0.2) is 24.3 Å². The van der Waals surface area contributed by atoms with Crippen molar-refractivity contribution in [2.75, 3.05) is 6.61 Å².